The maximum Gasteiger partial charge on any atom is 0.306 e. The summed E-state index contributed by atoms with van der Waals surface area (Å²) in [6.45, 7) is 11.0. The molecular formula is C50H73N5O5. The molecule has 0 spiro atoms. The molecule has 2 aliphatic rings. The Balaban J connectivity index is 1.20. The van der Waals surface area contributed by atoms with Crippen molar-refractivity contribution in [1.29, 1.82) is 0 Å². The van der Waals surface area contributed by atoms with Gasteiger partial charge in [0.1, 0.15) is 12.1 Å². The first-order valence-corrected chi connectivity index (χ1v) is 23.0. The molecule has 1 fully saturated rings. The quantitative estimate of drug-likeness (QED) is 0.0612. The van der Waals surface area contributed by atoms with Crippen molar-refractivity contribution in [2.75, 3.05) is 26.2 Å². The average molecular weight is 824 g/mol. The molecule has 0 radical (unpaired) electrons. The van der Waals surface area contributed by atoms with Gasteiger partial charge >= 0.3 is 5.97 Å². The van der Waals surface area contributed by atoms with Crippen LogP contribution in [0.15, 0.2) is 79.1 Å². The number of rotatable bonds is 24. The van der Waals surface area contributed by atoms with Crippen molar-refractivity contribution < 1.29 is 24.2 Å². The largest absolute Gasteiger partial charge is 0.459 e. The fourth-order valence-corrected chi connectivity index (χ4v) is 8.82. The van der Waals surface area contributed by atoms with Crippen LogP contribution in [0.3, 0.4) is 0 Å². The maximum atomic E-state index is 14.5. The molecule has 5 atom stereocenters. The smallest absolute Gasteiger partial charge is 0.306 e. The lowest BCUT2D eigenvalue weighted by atomic mass is 9.91. The number of piperazine rings is 1. The van der Waals surface area contributed by atoms with Crippen LogP contribution in [0.4, 0.5) is 0 Å². The molecule has 5 rings (SSSR count). The summed E-state index contributed by atoms with van der Waals surface area (Å²) in [6, 6.07) is 20.9. The predicted molar refractivity (Wildman–Crippen MR) is 239 cm³/mol. The van der Waals surface area contributed by atoms with E-state index in [2.05, 4.69) is 32.3 Å². The van der Waals surface area contributed by atoms with Gasteiger partial charge in [-0.1, -0.05) is 132 Å². The number of fused-ring (bicyclic) bond motifs is 1. The van der Waals surface area contributed by atoms with E-state index in [9.17, 15) is 19.5 Å². The molecule has 328 valence electrons. The van der Waals surface area contributed by atoms with Crippen molar-refractivity contribution in [2.45, 2.75) is 160 Å². The van der Waals surface area contributed by atoms with Crippen LogP contribution in [-0.2, 0) is 38.5 Å². The second-order valence-corrected chi connectivity index (χ2v) is 18.3. The number of amides is 2. The first-order valence-electron chi connectivity index (χ1n) is 23.0. The average Bonchev–Trinajstić information content (AvgIpc) is 3.56. The molecule has 3 N–H and O–H groups in total. The minimum absolute atomic E-state index is 0.0758. The Morgan fingerprint density at radius 3 is 2.20 bits per heavy atom. The molecular weight excluding hydrogens is 751 g/mol. The standard InChI is InChI=1S/C50H73N5O5/c1-5-6-7-8-9-10-11-12-13-14-18-27-46(57)60-45-33-40-25-19-20-26-43(40)47(45)52-48(58)41(31-38-22-16-15-17-23-38)32-42(56)36-55-30-29-54(35-39-24-21-28-51-34-39)37-44(55)49(59)53-50(2,3)4/h15-17,19-26,28,34,41-42,44-45,47,56H,5-14,18,27,29-33,35-37H2,1-4H3,(H,52,58)(H,53,59)/t41-,42+,44+,45-,47?/m1/s1. The second-order valence-electron chi connectivity index (χ2n) is 18.3. The van der Waals surface area contributed by atoms with Gasteiger partial charge in [0.2, 0.25) is 11.8 Å². The van der Waals surface area contributed by atoms with Crippen molar-refractivity contribution in [3.05, 3.63) is 101 Å². The van der Waals surface area contributed by atoms with Gasteiger partial charge in [-0.15, -0.1) is 0 Å². The molecule has 10 heteroatoms. The molecule has 2 aromatic carbocycles. The third kappa shape index (κ3) is 15.7. The number of esters is 1. The number of pyridine rings is 1. The summed E-state index contributed by atoms with van der Waals surface area (Å²) in [5.74, 6) is -1.04. The summed E-state index contributed by atoms with van der Waals surface area (Å²) >= 11 is 0. The molecule has 2 amide bonds. The van der Waals surface area contributed by atoms with Crippen molar-refractivity contribution in [2.24, 2.45) is 5.92 Å². The van der Waals surface area contributed by atoms with Gasteiger partial charge in [-0.05, 0) is 68.4 Å². The van der Waals surface area contributed by atoms with E-state index in [1.807, 2.05) is 93.7 Å². The molecule has 10 nitrogen and oxygen atoms in total. The van der Waals surface area contributed by atoms with Crippen molar-refractivity contribution in [3.63, 3.8) is 0 Å². The number of carbonyl (C=O) groups excluding carboxylic acids is 3. The molecule has 0 saturated carbocycles. The minimum atomic E-state index is -0.866. The summed E-state index contributed by atoms with van der Waals surface area (Å²) in [5, 5.41) is 18.2. The van der Waals surface area contributed by atoms with Gasteiger partial charge in [-0.3, -0.25) is 29.2 Å². The zero-order valence-corrected chi connectivity index (χ0v) is 37.0. The molecule has 0 bridgehead atoms. The van der Waals surface area contributed by atoms with Crippen LogP contribution < -0.4 is 10.6 Å². The van der Waals surface area contributed by atoms with Gasteiger partial charge in [0.25, 0.3) is 0 Å². The number of nitrogens with zero attached hydrogens (tertiary/aromatic N) is 3. The van der Waals surface area contributed by atoms with Crippen molar-refractivity contribution in [3.8, 4) is 0 Å². The topological polar surface area (TPSA) is 124 Å². The van der Waals surface area contributed by atoms with Gasteiger partial charge in [0.05, 0.1) is 12.1 Å². The van der Waals surface area contributed by atoms with Crippen LogP contribution in [0.5, 0.6) is 0 Å². The second kappa shape index (κ2) is 24.4. The summed E-state index contributed by atoms with van der Waals surface area (Å²) in [5.41, 5.74) is 3.70. The van der Waals surface area contributed by atoms with Crippen LogP contribution in [0.1, 0.15) is 139 Å². The first kappa shape index (κ1) is 46.9. The highest BCUT2D eigenvalue weighted by atomic mass is 16.5. The Bertz CT molecular complexity index is 1730. The number of hydrogen-bond acceptors (Lipinski definition) is 8. The minimum Gasteiger partial charge on any atom is -0.459 e. The molecule has 1 saturated heterocycles. The predicted octanol–water partition coefficient (Wildman–Crippen LogP) is 8.12. The van der Waals surface area contributed by atoms with Crippen LogP contribution in [0.25, 0.3) is 0 Å². The van der Waals surface area contributed by atoms with Crippen LogP contribution >= 0.6 is 0 Å². The van der Waals surface area contributed by atoms with Crippen molar-refractivity contribution >= 4 is 17.8 Å². The van der Waals surface area contributed by atoms with E-state index < -0.39 is 35.7 Å². The number of benzene rings is 2. The molecule has 2 heterocycles. The van der Waals surface area contributed by atoms with E-state index in [4.69, 9.17) is 4.74 Å². The fourth-order valence-electron chi connectivity index (χ4n) is 8.82. The first-order chi connectivity index (χ1) is 29.0. The third-order valence-corrected chi connectivity index (χ3v) is 12.0. The highest BCUT2D eigenvalue weighted by Crippen LogP contribution is 2.34. The van der Waals surface area contributed by atoms with Gasteiger partial charge in [0.15, 0.2) is 0 Å². The number of unbranched alkanes of at least 4 members (excludes halogenated alkanes) is 10. The summed E-state index contributed by atoms with van der Waals surface area (Å²) in [6.07, 6.45) is 17.2. The third-order valence-electron chi connectivity index (χ3n) is 12.0. The number of carbonyl (C=O) groups is 3. The van der Waals surface area contributed by atoms with E-state index in [1.165, 1.54) is 51.4 Å². The number of hydrogen-bond donors (Lipinski definition) is 3. The molecule has 60 heavy (non-hydrogen) atoms. The Labute approximate surface area is 360 Å². The Morgan fingerprint density at radius 1 is 0.850 bits per heavy atom. The molecule has 1 unspecified atom stereocenters. The zero-order chi connectivity index (χ0) is 42.7. The van der Waals surface area contributed by atoms with E-state index in [0.717, 1.165) is 48.1 Å². The summed E-state index contributed by atoms with van der Waals surface area (Å²) < 4.78 is 6.14. The number of aliphatic hydroxyl groups excluding tert-OH is 1. The highest BCUT2D eigenvalue weighted by Gasteiger charge is 2.39. The SMILES string of the molecule is CCCCCCCCCCCCCC(=O)O[C@@H]1Cc2ccccc2C1NC(=O)[C@H](Cc1ccccc1)C[C@H](O)CN1CCN(Cc2cccnc2)C[C@H]1C(=O)NC(C)(C)C. The van der Waals surface area contributed by atoms with Gasteiger partial charge in [-0.25, -0.2) is 0 Å². The Morgan fingerprint density at radius 2 is 1.52 bits per heavy atom. The molecule has 1 aliphatic heterocycles. The molecule has 3 aromatic rings. The van der Waals surface area contributed by atoms with Gasteiger partial charge in [0, 0.05) is 69.4 Å². The zero-order valence-electron chi connectivity index (χ0n) is 37.0. The summed E-state index contributed by atoms with van der Waals surface area (Å²) in [4.78, 5) is 50.0. The normalized spacial score (nSPS) is 19.3. The molecule has 1 aromatic heterocycles. The number of nitrogens with one attached hydrogen (secondary N) is 2. The lowest BCUT2D eigenvalue weighted by molar-refractivity contribution is -0.151. The lowest BCUT2D eigenvalue weighted by Gasteiger charge is -2.42. The molecule has 1 aliphatic carbocycles. The highest BCUT2D eigenvalue weighted by molar-refractivity contribution is 5.83. The van der Waals surface area contributed by atoms with Gasteiger partial charge < -0.3 is 20.5 Å². The Hall–Kier alpha value is -4.12. The number of β-amino-alcohol motifs (C(OH)–C–C–N with tert-alkyl or cyclic N) is 1. The van der Waals surface area contributed by atoms with E-state index in [-0.39, 0.29) is 30.7 Å². The van der Waals surface area contributed by atoms with Crippen molar-refractivity contribution in [1.82, 2.24) is 25.4 Å². The monoisotopic (exact) mass is 824 g/mol. The number of aliphatic hydroxyl groups is 1. The lowest BCUT2D eigenvalue weighted by Crippen LogP contribution is -2.61. The fraction of sp³-hybridized carbons (Fsp3) is 0.600. The summed E-state index contributed by atoms with van der Waals surface area (Å²) in [7, 11) is 0. The van der Waals surface area contributed by atoms with Crippen LogP contribution in [0.2, 0.25) is 0 Å². The van der Waals surface area contributed by atoms with E-state index in [1.54, 1.807) is 6.20 Å². The van der Waals surface area contributed by atoms with E-state index in [0.29, 0.717) is 38.9 Å². The van der Waals surface area contributed by atoms with E-state index >= 15 is 0 Å². The van der Waals surface area contributed by atoms with Crippen LogP contribution in [-0.4, -0.2) is 87.6 Å². The number of aromatic nitrogens is 1. The maximum absolute atomic E-state index is 14.5. The van der Waals surface area contributed by atoms with Gasteiger partial charge in [-0.2, -0.15) is 0 Å². The Kier molecular flexibility index (Phi) is 19.1. The number of ether oxygens (including phenoxy) is 1. The van der Waals surface area contributed by atoms with Crippen LogP contribution in [0, 0.1) is 5.92 Å².